The molecule has 1 aromatic rings. The largest absolute Gasteiger partial charge is 0.298 e. The second-order valence-corrected chi connectivity index (χ2v) is 7.91. The number of benzene rings is 1. The van der Waals surface area contributed by atoms with Crippen molar-refractivity contribution >= 4 is 10.1 Å². The standard InChI is InChI=1S/C16H23NO3S/c1-12-5-7-16(8-6-12)21(18,19)20-15-10-14(11-15)17-9-3-4-13(17)2/h5-8,13-15H,3-4,9-11H2,1-2H3. The minimum atomic E-state index is -3.62. The summed E-state index contributed by atoms with van der Waals surface area (Å²) < 4.78 is 29.8. The Hall–Kier alpha value is -0.910. The molecular weight excluding hydrogens is 286 g/mol. The Bertz CT molecular complexity index is 590. The van der Waals surface area contributed by atoms with Crippen molar-refractivity contribution in [1.29, 1.82) is 0 Å². The predicted octanol–water partition coefficient (Wildman–Crippen LogP) is 2.72. The molecule has 0 bridgehead atoms. The smallest absolute Gasteiger partial charge is 0.297 e. The molecule has 0 amide bonds. The molecule has 0 radical (unpaired) electrons. The summed E-state index contributed by atoms with van der Waals surface area (Å²) >= 11 is 0. The number of aryl methyl sites for hydroxylation is 1. The Labute approximate surface area is 127 Å². The summed E-state index contributed by atoms with van der Waals surface area (Å²) in [6, 6.07) is 7.95. The summed E-state index contributed by atoms with van der Waals surface area (Å²) in [5, 5.41) is 0. The van der Waals surface area contributed by atoms with Crippen LogP contribution in [-0.4, -0.2) is 38.1 Å². The number of likely N-dealkylation sites (tertiary alicyclic amines) is 1. The maximum Gasteiger partial charge on any atom is 0.297 e. The fraction of sp³-hybridized carbons (Fsp3) is 0.625. The zero-order valence-corrected chi connectivity index (χ0v) is 13.5. The van der Waals surface area contributed by atoms with Crippen molar-refractivity contribution in [3.8, 4) is 0 Å². The third-order valence-electron chi connectivity index (χ3n) is 4.72. The average Bonchev–Trinajstić information content (AvgIpc) is 2.80. The van der Waals surface area contributed by atoms with E-state index in [4.69, 9.17) is 4.18 Å². The van der Waals surface area contributed by atoms with Crippen LogP contribution in [0.3, 0.4) is 0 Å². The molecule has 1 aromatic carbocycles. The molecule has 1 aliphatic heterocycles. The summed E-state index contributed by atoms with van der Waals surface area (Å²) in [7, 11) is -3.62. The summed E-state index contributed by atoms with van der Waals surface area (Å²) in [6.45, 7) is 5.33. The van der Waals surface area contributed by atoms with E-state index in [1.54, 1.807) is 24.3 Å². The van der Waals surface area contributed by atoms with Crippen LogP contribution in [0.5, 0.6) is 0 Å². The molecular formula is C16H23NO3S. The molecule has 1 aliphatic carbocycles. The highest BCUT2D eigenvalue weighted by Crippen LogP contribution is 2.34. The van der Waals surface area contributed by atoms with Crippen molar-refractivity contribution in [2.75, 3.05) is 6.54 Å². The molecule has 1 heterocycles. The molecule has 0 spiro atoms. The Morgan fingerprint density at radius 3 is 2.43 bits per heavy atom. The van der Waals surface area contributed by atoms with Crippen molar-refractivity contribution in [3.63, 3.8) is 0 Å². The van der Waals surface area contributed by atoms with Crippen LogP contribution in [0.2, 0.25) is 0 Å². The molecule has 4 nitrogen and oxygen atoms in total. The van der Waals surface area contributed by atoms with Crippen LogP contribution in [0.4, 0.5) is 0 Å². The van der Waals surface area contributed by atoms with Crippen LogP contribution in [0, 0.1) is 6.92 Å². The lowest BCUT2D eigenvalue weighted by Gasteiger charge is -2.42. The lowest BCUT2D eigenvalue weighted by atomic mass is 9.88. The molecule has 2 fully saturated rings. The van der Waals surface area contributed by atoms with Crippen LogP contribution in [0.1, 0.15) is 38.2 Å². The highest BCUT2D eigenvalue weighted by Gasteiger charge is 2.40. The molecule has 116 valence electrons. The first-order valence-corrected chi connectivity index (χ1v) is 9.12. The van der Waals surface area contributed by atoms with Gasteiger partial charge in [0.25, 0.3) is 10.1 Å². The van der Waals surface area contributed by atoms with E-state index in [2.05, 4.69) is 11.8 Å². The fourth-order valence-corrected chi connectivity index (χ4v) is 4.42. The lowest BCUT2D eigenvalue weighted by Crippen LogP contribution is -2.49. The van der Waals surface area contributed by atoms with Crippen molar-refractivity contribution in [1.82, 2.24) is 4.90 Å². The molecule has 21 heavy (non-hydrogen) atoms. The van der Waals surface area contributed by atoms with Gasteiger partial charge in [0.1, 0.15) is 0 Å². The molecule has 0 aromatic heterocycles. The molecule has 1 saturated heterocycles. The minimum absolute atomic E-state index is 0.158. The van der Waals surface area contributed by atoms with Gasteiger partial charge in [-0.05, 0) is 58.2 Å². The Morgan fingerprint density at radius 2 is 1.86 bits per heavy atom. The van der Waals surface area contributed by atoms with E-state index < -0.39 is 10.1 Å². The second kappa shape index (κ2) is 5.71. The molecule has 1 atom stereocenters. The van der Waals surface area contributed by atoms with Gasteiger partial charge in [0.2, 0.25) is 0 Å². The van der Waals surface area contributed by atoms with Gasteiger partial charge in [-0.2, -0.15) is 8.42 Å². The molecule has 0 N–H and O–H groups in total. The lowest BCUT2D eigenvalue weighted by molar-refractivity contribution is 0.0179. The first kappa shape index (κ1) is 15.0. The minimum Gasteiger partial charge on any atom is -0.298 e. The molecule has 3 rings (SSSR count). The summed E-state index contributed by atoms with van der Waals surface area (Å²) in [4.78, 5) is 2.75. The molecule has 2 aliphatic rings. The average molecular weight is 309 g/mol. The van der Waals surface area contributed by atoms with E-state index in [0.717, 1.165) is 24.9 Å². The first-order chi connectivity index (χ1) is 9.95. The van der Waals surface area contributed by atoms with E-state index in [1.165, 1.54) is 12.8 Å². The van der Waals surface area contributed by atoms with Crippen molar-refractivity contribution in [3.05, 3.63) is 29.8 Å². The maximum absolute atomic E-state index is 12.2. The van der Waals surface area contributed by atoms with E-state index in [0.29, 0.717) is 12.1 Å². The SMILES string of the molecule is Cc1ccc(S(=O)(=O)OC2CC(N3CCCC3C)C2)cc1. The Balaban J connectivity index is 1.57. The topological polar surface area (TPSA) is 46.6 Å². The van der Waals surface area contributed by atoms with Gasteiger partial charge in [0.15, 0.2) is 0 Å². The van der Waals surface area contributed by atoms with Gasteiger partial charge >= 0.3 is 0 Å². The zero-order valence-electron chi connectivity index (χ0n) is 12.7. The van der Waals surface area contributed by atoms with E-state index in [9.17, 15) is 8.42 Å². The quantitative estimate of drug-likeness (QED) is 0.802. The summed E-state index contributed by atoms with van der Waals surface area (Å²) in [5.41, 5.74) is 1.04. The van der Waals surface area contributed by atoms with Gasteiger partial charge < -0.3 is 0 Å². The molecule has 1 saturated carbocycles. The van der Waals surface area contributed by atoms with Crippen molar-refractivity contribution in [2.45, 2.75) is 62.6 Å². The summed E-state index contributed by atoms with van der Waals surface area (Å²) in [5.74, 6) is 0. The first-order valence-electron chi connectivity index (χ1n) is 7.71. The fourth-order valence-electron chi connectivity index (χ4n) is 3.32. The van der Waals surface area contributed by atoms with E-state index >= 15 is 0 Å². The van der Waals surface area contributed by atoms with Gasteiger partial charge in [0.05, 0.1) is 11.0 Å². The number of nitrogens with zero attached hydrogens (tertiary/aromatic N) is 1. The van der Waals surface area contributed by atoms with Crippen LogP contribution >= 0.6 is 0 Å². The number of rotatable bonds is 4. The molecule has 5 heteroatoms. The maximum atomic E-state index is 12.2. The Morgan fingerprint density at radius 1 is 1.19 bits per heavy atom. The van der Waals surface area contributed by atoms with Gasteiger partial charge in [-0.25, -0.2) is 0 Å². The van der Waals surface area contributed by atoms with Crippen molar-refractivity contribution < 1.29 is 12.6 Å². The van der Waals surface area contributed by atoms with E-state index in [-0.39, 0.29) is 11.0 Å². The highest BCUT2D eigenvalue weighted by atomic mass is 32.2. The monoisotopic (exact) mass is 309 g/mol. The number of hydrogen-bond acceptors (Lipinski definition) is 4. The van der Waals surface area contributed by atoms with Gasteiger partial charge in [-0.1, -0.05) is 17.7 Å². The number of hydrogen-bond donors (Lipinski definition) is 0. The van der Waals surface area contributed by atoms with Crippen LogP contribution in [-0.2, 0) is 14.3 Å². The van der Waals surface area contributed by atoms with Gasteiger partial charge in [0, 0.05) is 12.1 Å². The summed E-state index contributed by atoms with van der Waals surface area (Å²) in [6.07, 6.45) is 4.01. The predicted molar refractivity (Wildman–Crippen MR) is 81.7 cm³/mol. The van der Waals surface area contributed by atoms with Crippen LogP contribution in [0.25, 0.3) is 0 Å². The third-order valence-corrected chi connectivity index (χ3v) is 6.09. The van der Waals surface area contributed by atoms with Crippen LogP contribution < -0.4 is 0 Å². The zero-order chi connectivity index (χ0) is 15.0. The Kier molecular flexibility index (Phi) is 4.08. The normalized spacial score (nSPS) is 30.3. The highest BCUT2D eigenvalue weighted by molar-refractivity contribution is 7.86. The van der Waals surface area contributed by atoms with E-state index in [1.807, 2.05) is 6.92 Å². The van der Waals surface area contributed by atoms with Gasteiger partial charge in [-0.3, -0.25) is 9.08 Å². The van der Waals surface area contributed by atoms with Gasteiger partial charge in [-0.15, -0.1) is 0 Å². The van der Waals surface area contributed by atoms with Crippen molar-refractivity contribution in [2.24, 2.45) is 0 Å². The molecule has 1 unspecified atom stereocenters. The second-order valence-electron chi connectivity index (χ2n) is 6.34. The van der Waals surface area contributed by atoms with Crippen LogP contribution in [0.15, 0.2) is 29.2 Å². The third kappa shape index (κ3) is 3.15.